The molecule has 0 heterocycles. The summed E-state index contributed by atoms with van der Waals surface area (Å²) in [5, 5.41) is 1.31. The average molecular weight is 370 g/mol. The van der Waals surface area contributed by atoms with Gasteiger partial charge in [-0.15, -0.1) is 11.8 Å². The zero-order valence-electron chi connectivity index (χ0n) is 12.9. The number of benzene rings is 2. The Balaban J connectivity index is 1.94. The maximum Gasteiger partial charge on any atom is 0.232 e. The fraction of sp³-hybridized carbons (Fsp3) is 0.235. The first-order chi connectivity index (χ1) is 11.0. The molecule has 0 aliphatic heterocycles. The van der Waals surface area contributed by atoms with Gasteiger partial charge in [0.1, 0.15) is 5.75 Å². The van der Waals surface area contributed by atoms with Gasteiger partial charge in [-0.3, -0.25) is 4.79 Å². The van der Waals surface area contributed by atoms with Crippen LogP contribution in [0.15, 0.2) is 47.4 Å². The van der Waals surface area contributed by atoms with Gasteiger partial charge in [-0.05, 0) is 42.5 Å². The first kappa shape index (κ1) is 18.0. The molecule has 0 N–H and O–H groups in total. The summed E-state index contributed by atoms with van der Waals surface area (Å²) in [5.74, 6) is 1.12. The van der Waals surface area contributed by atoms with Crippen LogP contribution in [-0.2, 0) is 11.3 Å². The molecule has 0 atom stereocenters. The molecule has 2 rings (SSSR count). The maximum atomic E-state index is 12.3. The van der Waals surface area contributed by atoms with E-state index in [1.165, 1.54) is 11.8 Å². The molecule has 2 aromatic rings. The minimum Gasteiger partial charge on any atom is -0.496 e. The second-order valence-electron chi connectivity index (χ2n) is 4.95. The van der Waals surface area contributed by atoms with E-state index in [0.717, 1.165) is 16.2 Å². The summed E-state index contributed by atoms with van der Waals surface area (Å²) >= 11 is 13.3. The maximum absolute atomic E-state index is 12.3. The zero-order valence-corrected chi connectivity index (χ0v) is 15.2. The normalized spacial score (nSPS) is 10.4. The summed E-state index contributed by atoms with van der Waals surface area (Å²) in [7, 11) is 3.37. The van der Waals surface area contributed by atoms with Crippen molar-refractivity contribution in [2.24, 2.45) is 0 Å². The molecule has 0 aliphatic carbocycles. The third kappa shape index (κ3) is 5.34. The minimum atomic E-state index is 0.0342. The lowest BCUT2D eigenvalue weighted by Gasteiger charge is -2.19. The van der Waals surface area contributed by atoms with E-state index in [2.05, 4.69) is 0 Å². The second kappa shape index (κ2) is 8.48. The molecule has 3 nitrogen and oxygen atoms in total. The molecule has 0 saturated carbocycles. The predicted molar refractivity (Wildman–Crippen MR) is 96.7 cm³/mol. The van der Waals surface area contributed by atoms with Gasteiger partial charge < -0.3 is 9.64 Å². The molecule has 0 aromatic heterocycles. The Bertz CT molecular complexity index is 677. The van der Waals surface area contributed by atoms with Crippen LogP contribution in [0.2, 0.25) is 10.0 Å². The lowest BCUT2D eigenvalue weighted by atomic mass is 10.2. The highest BCUT2D eigenvalue weighted by Gasteiger charge is 2.13. The topological polar surface area (TPSA) is 29.5 Å². The summed E-state index contributed by atoms with van der Waals surface area (Å²) in [6.07, 6.45) is 0. The number of carbonyl (C=O) groups excluding carboxylic acids is 1. The smallest absolute Gasteiger partial charge is 0.232 e. The Morgan fingerprint density at radius 3 is 2.43 bits per heavy atom. The lowest BCUT2D eigenvalue weighted by molar-refractivity contribution is -0.127. The van der Waals surface area contributed by atoms with Crippen LogP contribution in [-0.4, -0.2) is 30.7 Å². The van der Waals surface area contributed by atoms with Crippen LogP contribution < -0.4 is 4.74 Å². The fourth-order valence-electron chi connectivity index (χ4n) is 2.00. The number of rotatable bonds is 6. The van der Waals surface area contributed by atoms with Crippen molar-refractivity contribution in [3.05, 3.63) is 58.1 Å². The monoisotopic (exact) mass is 369 g/mol. The summed E-state index contributed by atoms with van der Waals surface area (Å²) in [6.45, 7) is 0.448. The molecule has 0 radical (unpaired) electrons. The van der Waals surface area contributed by atoms with Gasteiger partial charge in [0.2, 0.25) is 5.91 Å². The number of carbonyl (C=O) groups is 1. The Hall–Kier alpha value is -1.36. The van der Waals surface area contributed by atoms with E-state index in [4.69, 9.17) is 27.9 Å². The fourth-order valence-corrected chi connectivity index (χ4v) is 3.16. The van der Waals surface area contributed by atoms with Crippen LogP contribution >= 0.6 is 35.0 Å². The van der Waals surface area contributed by atoms with Crippen molar-refractivity contribution in [3.8, 4) is 5.75 Å². The van der Waals surface area contributed by atoms with Crippen molar-refractivity contribution in [2.75, 3.05) is 19.9 Å². The molecule has 0 fully saturated rings. The molecule has 23 heavy (non-hydrogen) atoms. The van der Waals surface area contributed by atoms with E-state index >= 15 is 0 Å². The molecule has 122 valence electrons. The molecular formula is C17H17Cl2NO2S. The quantitative estimate of drug-likeness (QED) is 0.687. The number of hydrogen-bond donors (Lipinski definition) is 0. The minimum absolute atomic E-state index is 0.0342. The Labute approximate surface area is 150 Å². The summed E-state index contributed by atoms with van der Waals surface area (Å²) < 4.78 is 5.31. The summed E-state index contributed by atoms with van der Waals surface area (Å²) in [5.41, 5.74) is 0.882. The number of ether oxygens (including phenoxy) is 1. The van der Waals surface area contributed by atoms with Crippen LogP contribution in [0.4, 0.5) is 0 Å². The molecule has 0 saturated heterocycles. The highest BCUT2D eigenvalue weighted by Crippen LogP contribution is 2.25. The number of halogens is 2. The first-order valence-corrected chi connectivity index (χ1v) is 8.68. The molecule has 1 amide bonds. The van der Waals surface area contributed by atoms with E-state index in [1.54, 1.807) is 31.2 Å². The summed E-state index contributed by atoms with van der Waals surface area (Å²) in [6, 6.07) is 12.8. The molecule has 2 aromatic carbocycles. The Morgan fingerprint density at radius 2 is 1.78 bits per heavy atom. The third-order valence-corrected chi connectivity index (χ3v) is 4.74. The molecule has 6 heteroatoms. The largest absolute Gasteiger partial charge is 0.496 e. The van der Waals surface area contributed by atoms with Crippen LogP contribution in [0.25, 0.3) is 0 Å². The van der Waals surface area contributed by atoms with E-state index < -0.39 is 0 Å². The predicted octanol–water partition coefficient (Wildman–Crippen LogP) is 4.75. The van der Waals surface area contributed by atoms with Gasteiger partial charge >= 0.3 is 0 Å². The number of hydrogen-bond acceptors (Lipinski definition) is 3. The van der Waals surface area contributed by atoms with E-state index in [-0.39, 0.29) is 5.91 Å². The van der Waals surface area contributed by atoms with Gasteiger partial charge in [0.05, 0.1) is 12.9 Å². The van der Waals surface area contributed by atoms with Gasteiger partial charge in [-0.25, -0.2) is 0 Å². The van der Waals surface area contributed by atoms with Gasteiger partial charge in [0.15, 0.2) is 0 Å². The molecule has 0 aliphatic rings. The van der Waals surface area contributed by atoms with Crippen molar-refractivity contribution in [2.45, 2.75) is 11.4 Å². The Morgan fingerprint density at radius 1 is 1.13 bits per heavy atom. The molecule has 0 unspecified atom stereocenters. The molecular weight excluding hydrogens is 353 g/mol. The van der Waals surface area contributed by atoms with Crippen LogP contribution in [0.1, 0.15) is 5.56 Å². The van der Waals surface area contributed by atoms with Crippen molar-refractivity contribution < 1.29 is 9.53 Å². The number of methoxy groups -OCH3 is 1. The highest BCUT2D eigenvalue weighted by molar-refractivity contribution is 8.00. The standard InChI is InChI=1S/C17H17Cl2NO2S/c1-20(10-12-9-14(19)5-8-16(12)22-2)17(21)11-23-15-6-3-13(18)4-7-15/h3-9H,10-11H2,1-2H3. The number of amides is 1. The van der Waals surface area contributed by atoms with Gasteiger partial charge in [-0.2, -0.15) is 0 Å². The van der Waals surface area contributed by atoms with Gasteiger partial charge in [-0.1, -0.05) is 23.2 Å². The second-order valence-corrected chi connectivity index (χ2v) is 6.87. The lowest BCUT2D eigenvalue weighted by Crippen LogP contribution is -2.28. The van der Waals surface area contributed by atoms with Crippen molar-refractivity contribution >= 4 is 40.9 Å². The zero-order chi connectivity index (χ0) is 16.8. The van der Waals surface area contributed by atoms with Gasteiger partial charge in [0, 0.05) is 34.1 Å². The van der Waals surface area contributed by atoms with E-state index in [9.17, 15) is 4.79 Å². The van der Waals surface area contributed by atoms with Crippen LogP contribution in [0.3, 0.4) is 0 Å². The van der Waals surface area contributed by atoms with E-state index in [1.807, 2.05) is 30.3 Å². The van der Waals surface area contributed by atoms with Crippen molar-refractivity contribution in [1.82, 2.24) is 4.90 Å². The number of thioether (sulfide) groups is 1. The van der Waals surface area contributed by atoms with Crippen LogP contribution in [0.5, 0.6) is 5.75 Å². The van der Waals surface area contributed by atoms with Crippen molar-refractivity contribution in [3.63, 3.8) is 0 Å². The van der Waals surface area contributed by atoms with Crippen molar-refractivity contribution in [1.29, 1.82) is 0 Å². The SMILES string of the molecule is COc1ccc(Cl)cc1CN(C)C(=O)CSc1ccc(Cl)cc1. The molecule has 0 spiro atoms. The molecule has 0 bridgehead atoms. The van der Waals surface area contributed by atoms with Gasteiger partial charge in [0.25, 0.3) is 0 Å². The van der Waals surface area contributed by atoms with Crippen LogP contribution in [0, 0.1) is 0 Å². The third-order valence-electron chi connectivity index (χ3n) is 3.25. The Kier molecular flexibility index (Phi) is 6.63. The highest BCUT2D eigenvalue weighted by atomic mass is 35.5. The first-order valence-electron chi connectivity index (χ1n) is 6.94. The van der Waals surface area contributed by atoms with E-state index in [0.29, 0.717) is 22.3 Å². The summed E-state index contributed by atoms with van der Waals surface area (Å²) in [4.78, 5) is 15.0. The average Bonchev–Trinajstić information content (AvgIpc) is 2.54. The number of nitrogens with zero attached hydrogens (tertiary/aromatic N) is 1.